The number of aromatic nitrogens is 4. The summed E-state index contributed by atoms with van der Waals surface area (Å²) in [6, 6.07) is 21.8. The fourth-order valence-electron chi connectivity index (χ4n) is 6.40. The molecule has 0 bridgehead atoms. The van der Waals surface area contributed by atoms with E-state index >= 15 is 0 Å². The Hall–Kier alpha value is -6.69. The Kier molecular flexibility index (Phi) is 12.8. The van der Waals surface area contributed by atoms with Crippen LogP contribution < -0.4 is 9.80 Å². The van der Waals surface area contributed by atoms with E-state index in [4.69, 9.17) is 11.6 Å². The van der Waals surface area contributed by atoms with Gasteiger partial charge in [-0.1, -0.05) is 0 Å². The Balaban J connectivity index is 0.000000160. The second-order valence-electron chi connectivity index (χ2n) is 13.0. The van der Waals surface area contributed by atoms with Crippen molar-refractivity contribution in [2.24, 2.45) is 0 Å². The quantitative estimate of drug-likeness (QED) is 0.121. The van der Waals surface area contributed by atoms with Crippen LogP contribution in [0.2, 0.25) is 0 Å². The van der Waals surface area contributed by atoms with Crippen molar-refractivity contribution in [3.63, 3.8) is 0 Å². The third kappa shape index (κ3) is 10.1. The average Bonchev–Trinajstić information content (AvgIpc) is 3.88. The van der Waals surface area contributed by atoms with E-state index in [1.54, 1.807) is 57.1 Å². The maximum atomic E-state index is 13.1. The van der Waals surface area contributed by atoms with E-state index in [2.05, 4.69) is 25.1 Å². The van der Waals surface area contributed by atoms with E-state index in [1.165, 1.54) is 54.7 Å². The van der Waals surface area contributed by atoms with Crippen LogP contribution in [0, 0.1) is 31.9 Å². The molecule has 4 heterocycles. The topological polar surface area (TPSA) is 180 Å². The molecule has 0 aliphatic carbocycles. The highest BCUT2D eigenvalue weighted by Gasteiger charge is 2.23. The van der Waals surface area contributed by atoms with Gasteiger partial charge in [0.25, 0.3) is 11.4 Å². The molecule has 57 heavy (non-hydrogen) atoms. The number of amides is 2. The minimum Gasteiger partial charge on any atom is -0.368 e. The first-order valence-electron chi connectivity index (χ1n) is 17.8. The highest BCUT2D eigenvalue weighted by atomic mass is 35.5. The number of nitrogens with zero attached hydrogens (tertiary/aromatic N) is 9. The summed E-state index contributed by atoms with van der Waals surface area (Å²) in [5.74, 6) is -0.539. The molecule has 2 aliphatic heterocycles. The lowest BCUT2D eigenvalue weighted by Crippen LogP contribution is -2.49. The number of piperazine rings is 2. The van der Waals surface area contributed by atoms with Crippen LogP contribution in [0.15, 0.2) is 97.3 Å². The van der Waals surface area contributed by atoms with Gasteiger partial charge in [0, 0.05) is 98.8 Å². The lowest BCUT2D eigenvalue weighted by Gasteiger charge is -2.36. The van der Waals surface area contributed by atoms with Gasteiger partial charge in [-0.2, -0.15) is 10.2 Å². The van der Waals surface area contributed by atoms with Crippen LogP contribution >= 0.6 is 11.6 Å². The molecule has 2 aliphatic rings. The minimum atomic E-state index is -0.456. The summed E-state index contributed by atoms with van der Waals surface area (Å²) < 4.78 is 27.4. The van der Waals surface area contributed by atoms with Crippen LogP contribution in [-0.4, -0.2) is 110 Å². The molecular formula is C38H37ClF2N10O6. The SMILES string of the molecule is O=C(CCl)N1CCN(c2ccc(F)cc2)CC1.O=C(Cn1ncc2cc([N+](=O)[O-])ccc21)N1CCN(c2ccc(F)cc2)CC1.O=[N+]([O-])c1ccc2[nH]ncc2c1. The summed E-state index contributed by atoms with van der Waals surface area (Å²) in [6.07, 6.45) is 3.09. The van der Waals surface area contributed by atoms with Gasteiger partial charge >= 0.3 is 0 Å². The molecule has 8 rings (SSSR count). The van der Waals surface area contributed by atoms with Gasteiger partial charge < -0.3 is 19.6 Å². The molecule has 6 aromatic rings. The number of carbonyl (C=O) groups is 2. The average molecular weight is 803 g/mol. The number of carbonyl (C=O) groups excluding carboxylic acids is 2. The van der Waals surface area contributed by atoms with Crippen molar-refractivity contribution in [3.8, 4) is 0 Å². The van der Waals surface area contributed by atoms with Gasteiger partial charge in [0.1, 0.15) is 24.1 Å². The number of H-pyrrole nitrogens is 1. The van der Waals surface area contributed by atoms with Crippen molar-refractivity contribution in [1.29, 1.82) is 0 Å². The first-order valence-corrected chi connectivity index (χ1v) is 18.3. The highest BCUT2D eigenvalue weighted by Crippen LogP contribution is 2.22. The first kappa shape index (κ1) is 40.0. The Morgan fingerprint density at radius 1 is 0.667 bits per heavy atom. The third-order valence-electron chi connectivity index (χ3n) is 9.52. The molecule has 0 atom stereocenters. The molecule has 0 saturated carbocycles. The standard InChI is InChI=1S/C19H18FN5O3.C12H14ClFN2O.C7H5N3O2/c20-15-1-3-16(4-2-15)22-7-9-23(10-8-22)19(26)13-24-18-6-5-17(25(27)28)11-14(18)12-21-24;13-9-12(17)16-7-5-15(6-8-16)11-3-1-10(14)2-4-11;11-10(12)6-1-2-7-5(3-6)4-8-9-7/h1-6,11-12H,7-10,13H2;1-4H,5-9H2;1-4H,(H,8,9). The van der Waals surface area contributed by atoms with E-state index in [0.717, 1.165) is 35.4 Å². The maximum Gasteiger partial charge on any atom is 0.270 e. The number of nitro benzene ring substituents is 2. The zero-order valence-electron chi connectivity index (χ0n) is 30.4. The molecule has 0 radical (unpaired) electrons. The number of hydrogen-bond donors (Lipinski definition) is 1. The van der Waals surface area contributed by atoms with Crippen LogP contribution in [0.25, 0.3) is 21.8 Å². The zero-order valence-corrected chi connectivity index (χ0v) is 31.2. The van der Waals surface area contributed by atoms with Crippen molar-refractivity contribution in [2.75, 3.05) is 68.0 Å². The number of alkyl halides is 1. The van der Waals surface area contributed by atoms with Crippen molar-refractivity contribution in [3.05, 3.63) is 129 Å². The molecular weight excluding hydrogens is 766 g/mol. The van der Waals surface area contributed by atoms with Gasteiger partial charge in [0.2, 0.25) is 11.8 Å². The van der Waals surface area contributed by atoms with Crippen LogP contribution in [0.3, 0.4) is 0 Å². The maximum absolute atomic E-state index is 13.1. The van der Waals surface area contributed by atoms with Gasteiger partial charge in [0.05, 0.1) is 33.3 Å². The second-order valence-corrected chi connectivity index (χ2v) is 13.3. The van der Waals surface area contributed by atoms with Crippen LogP contribution in [-0.2, 0) is 16.1 Å². The minimum absolute atomic E-state index is 0.00436. The monoisotopic (exact) mass is 802 g/mol. The van der Waals surface area contributed by atoms with Gasteiger partial charge in [-0.05, 0) is 60.7 Å². The molecule has 2 fully saturated rings. The highest BCUT2D eigenvalue weighted by molar-refractivity contribution is 6.27. The van der Waals surface area contributed by atoms with Gasteiger partial charge in [-0.25, -0.2) is 8.78 Å². The molecule has 1 N–H and O–H groups in total. The number of rotatable bonds is 7. The lowest BCUT2D eigenvalue weighted by atomic mass is 10.2. The van der Waals surface area contributed by atoms with Gasteiger partial charge in [-0.3, -0.25) is 39.6 Å². The largest absolute Gasteiger partial charge is 0.368 e. The number of non-ortho nitro benzene ring substituents is 2. The summed E-state index contributed by atoms with van der Waals surface area (Å²) in [5, 5.41) is 33.3. The number of nitro groups is 2. The third-order valence-corrected chi connectivity index (χ3v) is 9.75. The number of halogens is 3. The first-order chi connectivity index (χ1) is 27.5. The number of aromatic amines is 1. The molecule has 2 amide bonds. The van der Waals surface area contributed by atoms with E-state index in [-0.39, 0.29) is 47.2 Å². The zero-order chi connectivity index (χ0) is 40.5. The summed E-state index contributed by atoms with van der Waals surface area (Å²) in [4.78, 5) is 52.2. The number of fused-ring (bicyclic) bond motifs is 2. The molecule has 2 aromatic heterocycles. The van der Waals surface area contributed by atoms with Crippen molar-refractivity contribution in [2.45, 2.75) is 6.54 Å². The van der Waals surface area contributed by atoms with Crippen LogP contribution in [0.4, 0.5) is 31.5 Å². The molecule has 16 nitrogen and oxygen atoms in total. The smallest absolute Gasteiger partial charge is 0.270 e. The van der Waals surface area contributed by atoms with E-state index in [0.29, 0.717) is 50.2 Å². The predicted molar refractivity (Wildman–Crippen MR) is 210 cm³/mol. The number of anilines is 2. The van der Waals surface area contributed by atoms with Gasteiger partial charge in [0.15, 0.2) is 0 Å². The number of hydrogen-bond acceptors (Lipinski definition) is 10. The van der Waals surface area contributed by atoms with E-state index in [9.17, 15) is 38.6 Å². The second kappa shape index (κ2) is 18.3. The fraction of sp³-hybridized carbons (Fsp3) is 0.263. The Labute approximate surface area is 329 Å². The molecule has 4 aromatic carbocycles. The van der Waals surface area contributed by atoms with E-state index in [1.807, 2.05) is 0 Å². The predicted octanol–water partition coefficient (Wildman–Crippen LogP) is 5.62. The normalized spacial score (nSPS) is 14.1. The van der Waals surface area contributed by atoms with Crippen molar-refractivity contribution >= 4 is 68.0 Å². The lowest BCUT2D eigenvalue weighted by molar-refractivity contribution is -0.384. The Bertz CT molecular complexity index is 2340. The van der Waals surface area contributed by atoms with E-state index < -0.39 is 9.85 Å². The summed E-state index contributed by atoms with van der Waals surface area (Å²) >= 11 is 5.51. The Morgan fingerprint density at radius 2 is 1.16 bits per heavy atom. The summed E-state index contributed by atoms with van der Waals surface area (Å²) in [7, 11) is 0. The summed E-state index contributed by atoms with van der Waals surface area (Å²) in [6.45, 7) is 5.42. The number of benzene rings is 4. The van der Waals surface area contributed by atoms with Crippen LogP contribution in [0.1, 0.15) is 0 Å². The summed E-state index contributed by atoms with van der Waals surface area (Å²) in [5.41, 5.74) is 3.50. The molecule has 296 valence electrons. The van der Waals surface area contributed by atoms with Crippen LogP contribution in [0.5, 0.6) is 0 Å². The Morgan fingerprint density at radius 3 is 1.67 bits per heavy atom. The van der Waals surface area contributed by atoms with Gasteiger partial charge in [-0.15, -0.1) is 11.6 Å². The fourth-order valence-corrected chi connectivity index (χ4v) is 6.57. The molecule has 0 spiro atoms. The molecule has 0 unspecified atom stereocenters. The van der Waals surface area contributed by atoms with Crippen molar-refractivity contribution < 1.29 is 28.2 Å². The van der Waals surface area contributed by atoms with Crippen molar-refractivity contribution in [1.82, 2.24) is 29.8 Å². The molecule has 19 heteroatoms. The number of nitrogens with one attached hydrogen (secondary N) is 1. The molecule has 2 saturated heterocycles.